The number of hydrogen-bond acceptors (Lipinski definition) is 4. The fourth-order valence-electron chi connectivity index (χ4n) is 2.98. The van der Waals surface area contributed by atoms with Gasteiger partial charge in [0.15, 0.2) is 5.82 Å². The molecule has 128 valence electrons. The van der Waals surface area contributed by atoms with Gasteiger partial charge in [-0.2, -0.15) is 0 Å². The summed E-state index contributed by atoms with van der Waals surface area (Å²) in [5.74, 6) is 0.451. The Morgan fingerprint density at radius 3 is 2.38 bits per heavy atom. The SMILES string of the molecule is Nc1nc2ccc(C(=NO)c3ccccc3)cn2c1-c1ccc(Br)cc1. The molecule has 6 heteroatoms. The summed E-state index contributed by atoms with van der Waals surface area (Å²) < 4.78 is 2.91. The van der Waals surface area contributed by atoms with Crippen molar-refractivity contribution in [1.29, 1.82) is 0 Å². The molecule has 2 heterocycles. The summed E-state index contributed by atoms with van der Waals surface area (Å²) in [6.07, 6.45) is 1.89. The lowest BCUT2D eigenvalue weighted by Gasteiger charge is -2.08. The normalized spacial score (nSPS) is 11.8. The standard InChI is InChI=1S/C20H15BrN4O/c21-16-9-6-14(7-10-16)19-20(22)23-17-11-8-15(12-25(17)19)18(24-26)13-4-2-1-3-5-13/h1-12,26H,22H2. The van der Waals surface area contributed by atoms with E-state index in [-0.39, 0.29) is 0 Å². The number of benzene rings is 2. The zero-order chi connectivity index (χ0) is 18.1. The molecule has 3 N–H and O–H groups in total. The predicted octanol–water partition coefficient (Wildman–Crippen LogP) is 4.57. The third-order valence-electron chi connectivity index (χ3n) is 4.18. The van der Waals surface area contributed by atoms with Crippen LogP contribution >= 0.6 is 15.9 Å². The highest BCUT2D eigenvalue weighted by Crippen LogP contribution is 2.29. The first-order valence-corrected chi connectivity index (χ1v) is 8.78. The second-order valence-electron chi connectivity index (χ2n) is 5.81. The van der Waals surface area contributed by atoms with E-state index < -0.39 is 0 Å². The molecule has 0 radical (unpaired) electrons. The Morgan fingerprint density at radius 1 is 0.962 bits per heavy atom. The van der Waals surface area contributed by atoms with Gasteiger partial charge in [0.1, 0.15) is 11.4 Å². The van der Waals surface area contributed by atoms with Crippen molar-refractivity contribution in [3.05, 3.63) is 88.5 Å². The molecule has 0 bridgehead atoms. The Kier molecular flexibility index (Phi) is 4.18. The van der Waals surface area contributed by atoms with Gasteiger partial charge in [-0.3, -0.25) is 4.40 Å². The molecular weight excluding hydrogens is 392 g/mol. The topological polar surface area (TPSA) is 75.9 Å². The highest BCUT2D eigenvalue weighted by atomic mass is 79.9. The summed E-state index contributed by atoms with van der Waals surface area (Å²) >= 11 is 3.45. The lowest BCUT2D eigenvalue weighted by Crippen LogP contribution is -2.05. The smallest absolute Gasteiger partial charge is 0.150 e. The molecule has 4 aromatic rings. The fraction of sp³-hybridized carbons (Fsp3) is 0. The first-order chi connectivity index (χ1) is 12.7. The van der Waals surface area contributed by atoms with Crippen molar-refractivity contribution in [2.75, 3.05) is 5.73 Å². The molecule has 0 aliphatic heterocycles. The van der Waals surface area contributed by atoms with E-state index in [4.69, 9.17) is 5.73 Å². The number of nitrogens with zero attached hydrogens (tertiary/aromatic N) is 3. The van der Waals surface area contributed by atoms with Gasteiger partial charge in [0.2, 0.25) is 0 Å². The molecule has 0 saturated heterocycles. The monoisotopic (exact) mass is 406 g/mol. The number of nitrogen functional groups attached to an aromatic ring is 1. The number of imidazole rings is 1. The Morgan fingerprint density at radius 2 is 1.69 bits per heavy atom. The highest BCUT2D eigenvalue weighted by Gasteiger charge is 2.14. The van der Waals surface area contributed by atoms with E-state index in [1.807, 2.05) is 77.3 Å². The van der Waals surface area contributed by atoms with Crippen molar-refractivity contribution >= 4 is 33.1 Å². The zero-order valence-electron chi connectivity index (χ0n) is 13.7. The number of oxime groups is 1. The third-order valence-corrected chi connectivity index (χ3v) is 4.71. The van der Waals surface area contributed by atoms with Gasteiger partial charge in [0, 0.05) is 27.4 Å². The molecule has 2 aromatic carbocycles. The van der Waals surface area contributed by atoms with Crippen molar-refractivity contribution in [1.82, 2.24) is 9.38 Å². The second-order valence-corrected chi connectivity index (χ2v) is 6.73. The number of halogens is 1. The van der Waals surface area contributed by atoms with E-state index in [0.717, 1.165) is 32.5 Å². The minimum Gasteiger partial charge on any atom is -0.410 e. The quantitative estimate of drug-likeness (QED) is 0.297. The van der Waals surface area contributed by atoms with Gasteiger partial charge in [0.05, 0.1) is 5.69 Å². The molecule has 0 fully saturated rings. The highest BCUT2D eigenvalue weighted by molar-refractivity contribution is 9.10. The van der Waals surface area contributed by atoms with Gasteiger partial charge in [0.25, 0.3) is 0 Å². The fourth-order valence-corrected chi connectivity index (χ4v) is 3.24. The maximum Gasteiger partial charge on any atom is 0.150 e. The van der Waals surface area contributed by atoms with Gasteiger partial charge in [-0.15, -0.1) is 0 Å². The molecule has 0 unspecified atom stereocenters. The lowest BCUT2D eigenvalue weighted by molar-refractivity contribution is 0.319. The van der Waals surface area contributed by atoms with Crippen LogP contribution in [-0.2, 0) is 0 Å². The van der Waals surface area contributed by atoms with Crippen molar-refractivity contribution in [2.45, 2.75) is 0 Å². The van der Waals surface area contributed by atoms with Crippen LogP contribution in [0.1, 0.15) is 11.1 Å². The van der Waals surface area contributed by atoms with E-state index in [2.05, 4.69) is 26.1 Å². The Bertz CT molecular complexity index is 1100. The van der Waals surface area contributed by atoms with Crippen LogP contribution in [0.2, 0.25) is 0 Å². The van der Waals surface area contributed by atoms with Crippen LogP contribution in [0.3, 0.4) is 0 Å². The number of pyridine rings is 1. The average Bonchev–Trinajstić information content (AvgIpc) is 2.99. The first kappa shape index (κ1) is 16.4. The van der Waals surface area contributed by atoms with E-state index >= 15 is 0 Å². The second kappa shape index (κ2) is 6.65. The number of rotatable bonds is 3. The average molecular weight is 407 g/mol. The summed E-state index contributed by atoms with van der Waals surface area (Å²) in [6.45, 7) is 0. The van der Waals surface area contributed by atoms with Gasteiger partial charge in [-0.05, 0) is 24.3 Å². The summed E-state index contributed by atoms with van der Waals surface area (Å²) in [5.41, 5.74) is 10.7. The van der Waals surface area contributed by atoms with Crippen molar-refractivity contribution in [3.8, 4) is 11.3 Å². The molecular formula is C20H15BrN4O. The van der Waals surface area contributed by atoms with E-state index in [1.54, 1.807) is 0 Å². The van der Waals surface area contributed by atoms with E-state index in [0.29, 0.717) is 11.5 Å². The Labute approximate surface area is 158 Å². The molecule has 0 aliphatic rings. The maximum absolute atomic E-state index is 9.56. The van der Waals surface area contributed by atoms with E-state index in [9.17, 15) is 5.21 Å². The van der Waals surface area contributed by atoms with Crippen LogP contribution in [0, 0.1) is 0 Å². The molecule has 26 heavy (non-hydrogen) atoms. The molecule has 0 spiro atoms. The Balaban J connectivity index is 1.89. The minimum atomic E-state index is 0.451. The lowest BCUT2D eigenvalue weighted by atomic mass is 10.0. The van der Waals surface area contributed by atoms with Crippen LogP contribution in [0.25, 0.3) is 16.9 Å². The van der Waals surface area contributed by atoms with E-state index in [1.165, 1.54) is 0 Å². The molecule has 5 nitrogen and oxygen atoms in total. The Hall–Kier alpha value is -3.12. The van der Waals surface area contributed by atoms with Crippen LogP contribution in [0.15, 0.2) is 82.6 Å². The number of hydrogen-bond donors (Lipinski definition) is 2. The summed E-state index contributed by atoms with van der Waals surface area (Å²) in [7, 11) is 0. The largest absolute Gasteiger partial charge is 0.410 e. The van der Waals surface area contributed by atoms with Crippen molar-refractivity contribution in [2.24, 2.45) is 5.16 Å². The van der Waals surface area contributed by atoms with Crippen molar-refractivity contribution < 1.29 is 5.21 Å². The van der Waals surface area contributed by atoms with Crippen LogP contribution in [0.5, 0.6) is 0 Å². The number of anilines is 1. The number of fused-ring (bicyclic) bond motifs is 1. The van der Waals surface area contributed by atoms with Crippen LogP contribution in [0.4, 0.5) is 5.82 Å². The summed E-state index contributed by atoms with van der Waals surface area (Å²) in [5, 5.41) is 13.1. The number of aromatic nitrogens is 2. The van der Waals surface area contributed by atoms with Crippen molar-refractivity contribution in [3.63, 3.8) is 0 Å². The zero-order valence-corrected chi connectivity index (χ0v) is 15.3. The molecule has 0 atom stereocenters. The summed E-state index contributed by atoms with van der Waals surface area (Å²) in [6, 6.07) is 21.1. The molecule has 0 aliphatic carbocycles. The third kappa shape index (κ3) is 2.84. The summed E-state index contributed by atoms with van der Waals surface area (Å²) in [4.78, 5) is 4.44. The maximum atomic E-state index is 9.56. The van der Waals surface area contributed by atoms with Crippen LogP contribution < -0.4 is 5.73 Å². The predicted molar refractivity (Wildman–Crippen MR) is 107 cm³/mol. The van der Waals surface area contributed by atoms with Gasteiger partial charge in [-0.25, -0.2) is 4.98 Å². The van der Waals surface area contributed by atoms with Gasteiger partial charge < -0.3 is 10.9 Å². The van der Waals surface area contributed by atoms with Crippen LogP contribution in [-0.4, -0.2) is 20.3 Å². The molecule has 4 rings (SSSR count). The number of nitrogens with two attached hydrogens (primary N) is 1. The van der Waals surface area contributed by atoms with Gasteiger partial charge >= 0.3 is 0 Å². The molecule has 2 aromatic heterocycles. The molecule has 0 saturated carbocycles. The first-order valence-electron chi connectivity index (χ1n) is 7.99. The minimum absolute atomic E-state index is 0.451. The van der Waals surface area contributed by atoms with Gasteiger partial charge in [-0.1, -0.05) is 63.6 Å². The molecule has 0 amide bonds.